The Kier molecular flexibility index (Phi) is 8.26. The summed E-state index contributed by atoms with van der Waals surface area (Å²) in [5, 5.41) is 3.28. The third-order valence-electron chi connectivity index (χ3n) is 6.47. The summed E-state index contributed by atoms with van der Waals surface area (Å²) in [7, 11) is 1.31. The minimum absolute atomic E-state index is 0.0940. The molecule has 1 aromatic carbocycles. The van der Waals surface area contributed by atoms with Crippen LogP contribution in [0.5, 0.6) is 0 Å². The maximum Gasteiger partial charge on any atom is 0.408 e. The Morgan fingerprint density at radius 2 is 1.91 bits per heavy atom. The lowest BCUT2D eigenvalue weighted by molar-refractivity contribution is 0.0434. The van der Waals surface area contributed by atoms with Gasteiger partial charge in [-0.25, -0.2) is 14.6 Å². The molecule has 35 heavy (non-hydrogen) atoms. The number of rotatable bonds is 8. The molecule has 7 heteroatoms. The Morgan fingerprint density at radius 1 is 1.20 bits per heavy atom. The zero-order chi connectivity index (χ0) is 25.8. The first kappa shape index (κ1) is 26.7. The minimum atomic E-state index is -0.578. The van der Waals surface area contributed by atoms with E-state index in [2.05, 4.69) is 35.9 Å². The van der Waals surface area contributed by atoms with Gasteiger partial charge < -0.3 is 14.8 Å². The van der Waals surface area contributed by atoms with Crippen LogP contribution in [0.15, 0.2) is 43.0 Å². The van der Waals surface area contributed by atoms with Gasteiger partial charge in [0.2, 0.25) is 0 Å². The van der Waals surface area contributed by atoms with Gasteiger partial charge in [-0.2, -0.15) is 0 Å². The minimum Gasteiger partial charge on any atom is -0.465 e. The summed E-state index contributed by atoms with van der Waals surface area (Å²) >= 11 is 6.23. The second-order valence-electron chi connectivity index (χ2n) is 10.2. The SMILES string of the molecule is C=C(CCC1(CCC)Cc2ccccc2[C@H]1NC(=O)OC(C)(C)C)c1ccc(C(=O)OC)c(Cl)n1. The first-order valence-corrected chi connectivity index (χ1v) is 12.4. The Bertz CT molecular complexity index is 1110. The van der Waals surface area contributed by atoms with Crippen LogP contribution >= 0.6 is 11.6 Å². The molecule has 0 saturated carbocycles. The third-order valence-corrected chi connectivity index (χ3v) is 6.76. The summed E-state index contributed by atoms with van der Waals surface area (Å²) in [6.07, 6.45) is 3.83. The predicted molar refractivity (Wildman–Crippen MR) is 138 cm³/mol. The molecule has 0 aliphatic heterocycles. The number of hydrogen-bond acceptors (Lipinski definition) is 5. The molecule has 1 aliphatic carbocycles. The van der Waals surface area contributed by atoms with E-state index in [9.17, 15) is 9.59 Å². The number of nitrogens with one attached hydrogen (secondary N) is 1. The van der Waals surface area contributed by atoms with E-state index in [1.165, 1.54) is 12.7 Å². The number of allylic oxidation sites excluding steroid dienone is 1. The number of nitrogens with zero attached hydrogens (tertiary/aromatic N) is 1. The molecule has 2 aromatic rings. The molecule has 0 saturated heterocycles. The van der Waals surface area contributed by atoms with Gasteiger partial charge in [0.1, 0.15) is 10.8 Å². The zero-order valence-corrected chi connectivity index (χ0v) is 22.0. The van der Waals surface area contributed by atoms with Crippen LogP contribution in [0.4, 0.5) is 4.79 Å². The van der Waals surface area contributed by atoms with Crippen LogP contribution in [0.2, 0.25) is 5.15 Å². The Morgan fingerprint density at radius 3 is 2.54 bits per heavy atom. The fourth-order valence-electron chi connectivity index (χ4n) is 4.95. The number of pyridine rings is 1. The summed E-state index contributed by atoms with van der Waals surface area (Å²) in [5.41, 5.74) is 3.31. The molecule has 3 rings (SSSR count). The highest BCUT2D eigenvalue weighted by Crippen LogP contribution is 2.52. The molecule has 0 fully saturated rings. The fraction of sp³-hybridized carbons (Fsp3) is 0.464. The second-order valence-corrected chi connectivity index (χ2v) is 10.6. The first-order chi connectivity index (χ1) is 16.5. The van der Waals surface area contributed by atoms with Crippen molar-refractivity contribution < 1.29 is 19.1 Å². The van der Waals surface area contributed by atoms with Crippen LogP contribution in [0.1, 0.15) is 86.6 Å². The maximum absolute atomic E-state index is 12.8. The number of methoxy groups -OCH3 is 1. The lowest BCUT2D eigenvalue weighted by Gasteiger charge is -2.37. The molecule has 2 atom stereocenters. The molecule has 1 aromatic heterocycles. The molecule has 1 heterocycles. The van der Waals surface area contributed by atoms with Gasteiger partial charge in [-0.3, -0.25) is 0 Å². The number of amides is 1. The second kappa shape index (κ2) is 10.8. The van der Waals surface area contributed by atoms with E-state index < -0.39 is 17.7 Å². The van der Waals surface area contributed by atoms with Crippen LogP contribution in [0, 0.1) is 5.41 Å². The molecular formula is C28H35ClN2O4. The van der Waals surface area contributed by atoms with Crippen LogP contribution in [-0.4, -0.2) is 29.8 Å². The van der Waals surface area contributed by atoms with Gasteiger partial charge in [0.15, 0.2) is 0 Å². The van der Waals surface area contributed by atoms with Crippen molar-refractivity contribution in [3.05, 3.63) is 70.5 Å². The van der Waals surface area contributed by atoms with Crippen molar-refractivity contribution in [1.82, 2.24) is 10.3 Å². The van der Waals surface area contributed by atoms with Gasteiger partial charge in [-0.05, 0) is 80.7 Å². The molecule has 1 aliphatic rings. The van der Waals surface area contributed by atoms with E-state index in [1.54, 1.807) is 12.1 Å². The van der Waals surface area contributed by atoms with Crippen molar-refractivity contribution in [1.29, 1.82) is 0 Å². The Hall–Kier alpha value is -2.86. The summed E-state index contributed by atoms with van der Waals surface area (Å²) in [4.78, 5) is 29.0. The topological polar surface area (TPSA) is 77.5 Å². The molecular weight excluding hydrogens is 464 g/mol. The van der Waals surface area contributed by atoms with Crippen LogP contribution < -0.4 is 5.32 Å². The van der Waals surface area contributed by atoms with Crippen molar-refractivity contribution >= 4 is 29.2 Å². The van der Waals surface area contributed by atoms with Gasteiger partial charge in [-0.1, -0.05) is 55.8 Å². The smallest absolute Gasteiger partial charge is 0.408 e. The number of esters is 1. The summed E-state index contributed by atoms with van der Waals surface area (Å²) < 4.78 is 10.4. The van der Waals surface area contributed by atoms with Crippen LogP contribution in [-0.2, 0) is 15.9 Å². The molecule has 1 N–H and O–H groups in total. The molecule has 0 spiro atoms. The average Bonchev–Trinajstić information content (AvgIpc) is 3.09. The van der Waals surface area contributed by atoms with Crippen molar-refractivity contribution in [2.75, 3.05) is 7.11 Å². The van der Waals surface area contributed by atoms with Crippen LogP contribution in [0.3, 0.4) is 0 Å². The summed E-state index contributed by atoms with van der Waals surface area (Å²) in [6, 6.07) is 11.5. The van der Waals surface area contributed by atoms with Crippen molar-refractivity contribution in [3.8, 4) is 0 Å². The lowest BCUT2D eigenvalue weighted by Crippen LogP contribution is -2.41. The fourth-order valence-corrected chi connectivity index (χ4v) is 5.19. The predicted octanol–water partition coefficient (Wildman–Crippen LogP) is 6.92. The number of halogens is 1. The van der Waals surface area contributed by atoms with E-state index in [0.29, 0.717) is 12.1 Å². The van der Waals surface area contributed by atoms with Crippen molar-refractivity contribution in [2.24, 2.45) is 5.41 Å². The normalized spacial score (nSPS) is 19.1. The average molecular weight is 499 g/mol. The van der Waals surface area contributed by atoms with Crippen molar-refractivity contribution in [3.63, 3.8) is 0 Å². The van der Waals surface area contributed by atoms with E-state index in [0.717, 1.165) is 36.8 Å². The number of alkyl carbamates (subject to hydrolysis) is 1. The third kappa shape index (κ3) is 6.23. The Balaban J connectivity index is 1.85. The van der Waals surface area contributed by atoms with Crippen LogP contribution in [0.25, 0.3) is 5.57 Å². The van der Waals surface area contributed by atoms with Gasteiger partial charge in [0.05, 0.1) is 24.4 Å². The number of benzene rings is 1. The van der Waals surface area contributed by atoms with E-state index >= 15 is 0 Å². The maximum atomic E-state index is 12.8. The standard InChI is InChI=1S/C28H35ClN2O4/c1-7-15-28(16-14-18(2)22-13-12-21(24(29)30-22)25(32)34-6)17-19-10-8-9-11-20(19)23(28)31-26(33)35-27(3,4)5/h8-13,23H,2,7,14-17H2,1,3-6H3,(H,31,33)/t23-,28?/m1/s1. The van der Waals surface area contributed by atoms with Gasteiger partial charge in [-0.15, -0.1) is 0 Å². The molecule has 6 nitrogen and oxygen atoms in total. The quantitative estimate of drug-likeness (QED) is 0.315. The monoisotopic (exact) mass is 498 g/mol. The van der Waals surface area contributed by atoms with Gasteiger partial charge >= 0.3 is 12.1 Å². The number of hydrogen-bond donors (Lipinski definition) is 1. The Labute approximate surface area is 213 Å². The summed E-state index contributed by atoms with van der Waals surface area (Å²) in [5.74, 6) is -0.527. The van der Waals surface area contributed by atoms with Gasteiger partial charge in [0.25, 0.3) is 0 Å². The molecule has 1 amide bonds. The van der Waals surface area contributed by atoms with E-state index in [1.807, 2.05) is 32.9 Å². The van der Waals surface area contributed by atoms with E-state index in [-0.39, 0.29) is 22.2 Å². The van der Waals surface area contributed by atoms with Crippen molar-refractivity contribution in [2.45, 2.75) is 71.4 Å². The number of carbonyl (C=O) groups is 2. The number of carbonyl (C=O) groups excluding carboxylic acids is 2. The molecule has 1 unspecified atom stereocenters. The number of fused-ring (bicyclic) bond motifs is 1. The van der Waals surface area contributed by atoms with E-state index in [4.69, 9.17) is 21.1 Å². The summed E-state index contributed by atoms with van der Waals surface area (Å²) in [6.45, 7) is 12.0. The highest BCUT2D eigenvalue weighted by molar-refractivity contribution is 6.32. The van der Waals surface area contributed by atoms with Gasteiger partial charge in [0, 0.05) is 0 Å². The molecule has 188 valence electrons. The number of ether oxygens (including phenoxy) is 2. The number of aromatic nitrogens is 1. The highest BCUT2D eigenvalue weighted by Gasteiger charge is 2.46. The zero-order valence-electron chi connectivity index (χ0n) is 21.2. The first-order valence-electron chi connectivity index (χ1n) is 12.0. The molecule has 0 bridgehead atoms. The highest BCUT2D eigenvalue weighted by atomic mass is 35.5. The largest absolute Gasteiger partial charge is 0.465 e. The molecule has 0 radical (unpaired) electrons. The lowest BCUT2D eigenvalue weighted by atomic mass is 9.72.